The average molecular weight is 365 g/mol. The highest BCUT2D eigenvalue weighted by atomic mass is 79.9. The Kier molecular flexibility index (Phi) is 4.33. The van der Waals surface area contributed by atoms with Crippen LogP contribution < -0.4 is 0 Å². The highest BCUT2D eigenvalue weighted by molar-refractivity contribution is 9.10. The van der Waals surface area contributed by atoms with E-state index in [4.69, 9.17) is 0 Å². The summed E-state index contributed by atoms with van der Waals surface area (Å²) in [4.78, 5) is 0. The van der Waals surface area contributed by atoms with E-state index in [1.165, 1.54) is 0 Å². The smallest absolute Gasteiger partial charge is 0.249 e. The molecule has 0 aromatic heterocycles. The van der Waals surface area contributed by atoms with Crippen molar-refractivity contribution in [2.24, 2.45) is 0 Å². The largest absolute Gasteiger partial charge is 0.423 e. The molecular weight excluding hydrogens is 356 g/mol. The Labute approximate surface area is 115 Å². The molecule has 19 heavy (non-hydrogen) atoms. The van der Waals surface area contributed by atoms with Crippen LogP contribution in [-0.4, -0.2) is 20.8 Å². The molecule has 0 aliphatic heterocycles. The van der Waals surface area contributed by atoms with Gasteiger partial charge >= 0.3 is 6.18 Å². The second-order valence-corrected chi connectivity index (χ2v) is 6.43. The van der Waals surface area contributed by atoms with Crippen LogP contribution in [0.5, 0.6) is 0 Å². The normalized spacial score (nSPS) is 16.2. The van der Waals surface area contributed by atoms with Crippen molar-refractivity contribution in [1.29, 1.82) is 0 Å². The Bertz CT molecular complexity index is 585. The molecule has 3 nitrogen and oxygen atoms in total. The van der Waals surface area contributed by atoms with Crippen LogP contribution in [-0.2, 0) is 19.9 Å². The van der Waals surface area contributed by atoms with Gasteiger partial charge in [-0.1, -0.05) is 22.0 Å². The topological polar surface area (TPSA) is 43.4 Å². The average Bonchev–Trinajstić information content (AvgIpc) is 2.11. The van der Waals surface area contributed by atoms with E-state index < -0.39 is 33.3 Å². The molecule has 1 aromatic rings. The third-order valence-electron chi connectivity index (χ3n) is 2.30. The first-order valence-corrected chi connectivity index (χ1v) is 7.40. The van der Waals surface area contributed by atoms with Crippen molar-refractivity contribution in [2.75, 3.05) is 6.26 Å². The molecule has 1 atom stereocenters. The molecule has 108 valence electrons. The lowest BCUT2D eigenvalue weighted by Crippen LogP contribution is -2.44. The lowest BCUT2D eigenvalue weighted by molar-refractivity contribution is -0.247. The number of hydrogen-bond acceptors (Lipinski definition) is 3. The van der Waals surface area contributed by atoms with Gasteiger partial charge in [-0.05, 0) is 19.1 Å². The monoisotopic (exact) mass is 364 g/mol. The van der Waals surface area contributed by atoms with E-state index >= 15 is 0 Å². The summed E-state index contributed by atoms with van der Waals surface area (Å²) >= 11 is 2.89. The molecule has 0 bridgehead atoms. The fraction of sp³-hybridized carbons (Fsp3) is 0.400. The van der Waals surface area contributed by atoms with Crippen LogP contribution in [0.2, 0.25) is 0 Å². The predicted molar refractivity (Wildman–Crippen MR) is 63.4 cm³/mol. The minimum absolute atomic E-state index is 0.220. The van der Waals surface area contributed by atoms with Crippen molar-refractivity contribution >= 4 is 26.0 Å². The van der Waals surface area contributed by atoms with Crippen molar-refractivity contribution in [3.05, 3.63) is 34.1 Å². The zero-order valence-electron chi connectivity index (χ0n) is 9.75. The van der Waals surface area contributed by atoms with Crippen LogP contribution in [0.4, 0.5) is 17.6 Å². The number of halogens is 5. The molecule has 0 saturated heterocycles. The maximum absolute atomic E-state index is 13.6. The van der Waals surface area contributed by atoms with E-state index in [1.54, 1.807) is 0 Å². The molecule has 1 rings (SSSR count). The molecule has 0 aliphatic rings. The Morgan fingerprint density at radius 1 is 1.26 bits per heavy atom. The molecule has 0 radical (unpaired) electrons. The van der Waals surface area contributed by atoms with Crippen LogP contribution in [0.3, 0.4) is 0 Å². The molecule has 1 unspecified atom stereocenters. The van der Waals surface area contributed by atoms with E-state index in [0.29, 0.717) is 13.2 Å². The lowest BCUT2D eigenvalue weighted by atomic mass is 9.95. The highest BCUT2D eigenvalue weighted by Crippen LogP contribution is 2.44. The van der Waals surface area contributed by atoms with Gasteiger partial charge in [-0.25, -0.2) is 8.57 Å². The summed E-state index contributed by atoms with van der Waals surface area (Å²) in [5, 5.41) is 0. The van der Waals surface area contributed by atoms with Crippen molar-refractivity contribution in [3.8, 4) is 0 Å². The van der Waals surface area contributed by atoms with Gasteiger partial charge < -0.3 is 0 Å². The first-order chi connectivity index (χ1) is 8.37. The second kappa shape index (κ2) is 5.02. The summed E-state index contributed by atoms with van der Waals surface area (Å²) < 4.78 is 79.0. The Morgan fingerprint density at radius 3 is 2.16 bits per heavy atom. The first kappa shape index (κ1) is 16.4. The zero-order chi connectivity index (χ0) is 15.1. The molecule has 0 aliphatic carbocycles. The van der Waals surface area contributed by atoms with E-state index in [9.17, 15) is 26.0 Å². The molecule has 0 saturated carbocycles. The van der Waals surface area contributed by atoms with Crippen LogP contribution >= 0.6 is 15.9 Å². The first-order valence-electron chi connectivity index (χ1n) is 4.80. The predicted octanol–water partition coefficient (Wildman–Crippen LogP) is 3.34. The van der Waals surface area contributed by atoms with E-state index in [2.05, 4.69) is 20.1 Å². The Balaban J connectivity index is 3.49. The molecule has 0 spiro atoms. The van der Waals surface area contributed by atoms with Gasteiger partial charge in [-0.3, -0.25) is 0 Å². The SMILES string of the molecule is CC(OS(C)(=O)=O)(c1ccc(Br)cc1F)C(F)(F)F. The number of hydrogen-bond donors (Lipinski definition) is 0. The molecule has 1 aromatic carbocycles. The second-order valence-electron chi connectivity index (χ2n) is 3.94. The van der Waals surface area contributed by atoms with Crippen molar-refractivity contribution in [3.63, 3.8) is 0 Å². The van der Waals surface area contributed by atoms with Gasteiger partial charge in [0, 0.05) is 10.0 Å². The summed E-state index contributed by atoms with van der Waals surface area (Å²) in [5.74, 6) is -1.22. The van der Waals surface area contributed by atoms with Gasteiger partial charge in [0.1, 0.15) is 5.82 Å². The molecule has 0 N–H and O–H groups in total. The van der Waals surface area contributed by atoms with Gasteiger partial charge in [-0.15, -0.1) is 0 Å². The Hall–Kier alpha value is -0.670. The fourth-order valence-corrected chi connectivity index (χ4v) is 2.55. The van der Waals surface area contributed by atoms with Gasteiger partial charge in [0.25, 0.3) is 10.1 Å². The quantitative estimate of drug-likeness (QED) is 0.610. The zero-order valence-corrected chi connectivity index (χ0v) is 12.2. The Morgan fingerprint density at radius 2 is 1.79 bits per heavy atom. The standard InChI is InChI=1S/C10H9BrF4O3S/c1-9(10(13,14)15,18-19(2,16)17)7-4-3-6(11)5-8(7)12/h3-5H,1-2H3. The molecule has 0 heterocycles. The maximum atomic E-state index is 13.6. The summed E-state index contributed by atoms with van der Waals surface area (Å²) in [5.41, 5.74) is -4.20. The third kappa shape index (κ3) is 3.67. The van der Waals surface area contributed by atoms with Crippen molar-refractivity contribution in [2.45, 2.75) is 18.7 Å². The van der Waals surface area contributed by atoms with Crippen LogP contribution in [0, 0.1) is 5.82 Å². The van der Waals surface area contributed by atoms with Crippen molar-refractivity contribution in [1.82, 2.24) is 0 Å². The van der Waals surface area contributed by atoms with E-state index in [0.717, 1.165) is 18.2 Å². The van der Waals surface area contributed by atoms with Gasteiger partial charge in [-0.2, -0.15) is 21.6 Å². The number of alkyl halides is 3. The molecule has 0 fully saturated rings. The fourth-order valence-electron chi connectivity index (χ4n) is 1.42. The van der Waals surface area contributed by atoms with Gasteiger partial charge in [0.15, 0.2) is 0 Å². The minimum Gasteiger partial charge on any atom is -0.249 e. The molecule has 9 heteroatoms. The van der Waals surface area contributed by atoms with Crippen LogP contribution in [0.15, 0.2) is 22.7 Å². The summed E-state index contributed by atoms with van der Waals surface area (Å²) in [6.07, 6.45) is -4.64. The number of rotatable bonds is 3. The number of benzene rings is 1. The van der Waals surface area contributed by atoms with E-state index in [1.807, 2.05) is 0 Å². The molecule has 0 amide bonds. The van der Waals surface area contributed by atoms with E-state index in [-0.39, 0.29) is 4.47 Å². The highest BCUT2D eigenvalue weighted by Gasteiger charge is 2.57. The summed E-state index contributed by atoms with van der Waals surface area (Å²) in [6.45, 7) is 0.459. The third-order valence-corrected chi connectivity index (χ3v) is 3.43. The lowest BCUT2D eigenvalue weighted by Gasteiger charge is -2.31. The summed E-state index contributed by atoms with van der Waals surface area (Å²) in [7, 11) is -4.44. The van der Waals surface area contributed by atoms with Gasteiger partial charge in [0.05, 0.1) is 6.26 Å². The van der Waals surface area contributed by atoms with Crippen LogP contribution in [0.1, 0.15) is 12.5 Å². The molecular formula is C10H9BrF4O3S. The minimum atomic E-state index is -5.11. The van der Waals surface area contributed by atoms with Crippen molar-refractivity contribution < 1.29 is 30.2 Å². The maximum Gasteiger partial charge on any atom is 0.423 e. The summed E-state index contributed by atoms with van der Waals surface area (Å²) in [6, 6.07) is 2.77. The van der Waals surface area contributed by atoms with Crippen LogP contribution in [0.25, 0.3) is 0 Å². The van der Waals surface area contributed by atoms with Gasteiger partial charge in [0.2, 0.25) is 5.60 Å².